The van der Waals surface area contributed by atoms with Crippen LogP contribution in [0.15, 0.2) is 24.3 Å². The van der Waals surface area contributed by atoms with Crippen LogP contribution in [0.2, 0.25) is 0 Å². The number of hydrogen-bond acceptors (Lipinski definition) is 3. The third-order valence-corrected chi connectivity index (χ3v) is 5.17. The van der Waals surface area contributed by atoms with E-state index in [1.54, 1.807) is 0 Å². The molecule has 1 atom stereocenters. The molecule has 1 spiro atoms. The Labute approximate surface area is 128 Å². The quantitative estimate of drug-likeness (QED) is 0.800. The van der Waals surface area contributed by atoms with E-state index in [-0.39, 0.29) is 5.60 Å². The van der Waals surface area contributed by atoms with Crippen LogP contribution in [0.5, 0.6) is 0 Å². The molecule has 2 heterocycles. The molecule has 116 valence electrons. The molecule has 3 nitrogen and oxygen atoms in total. The van der Waals surface area contributed by atoms with Gasteiger partial charge < -0.3 is 9.64 Å². The van der Waals surface area contributed by atoms with Crippen molar-refractivity contribution in [2.75, 3.05) is 39.3 Å². The third-order valence-electron chi connectivity index (χ3n) is 5.17. The molecule has 1 fully saturated rings. The average molecular weight is 288 g/mol. The van der Waals surface area contributed by atoms with E-state index >= 15 is 0 Å². The van der Waals surface area contributed by atoms with Gasteiger partial charge in [0, 0.05) is 13.1 Å². The van der Waals surface area contributed by atoms with Crippen molar-refractivity contribution in [2.45, 2.75) is 38.9 Å². The predicted molar refractivity (Wildman–Crippen MR) is 86.4 cm³/mol. The summed E-state index contributed by atoms with van der Waals surface area (Å²) in [6, 6.07) is 8.76. The highest BCUT2D eigenvalue weighted by Gasteiger charge is 2.44. The minimum atomic E-state index is -0.00814. The smallest absolute Gasteiger partial charge is 0.108 e. The van der Waals surface area contributed by atoms with Gasteiger partial charge in [-0.05, 0) is 50.1 Å². The summed E-state index contributed by atoms with van der Waals surface area (Å²) in [6.45, 7) is 12.3. The van der Waals surface area contributed by atoms with Crippen LogP contribution < -0.4 is 0 Å². The van der Waals surface area contributed by atoms with Crippen molar-refractivity contribution in [1.82, 2.24) is 9.80 Å². The average Bonchev–Trinajstić information content (AvgIpc) is 3.10. The van der Waals surface area contributed by atoms with E-state index in [2.05, 4.69) is 47.9 Å². The first-order chi connectivity index (χ1) is 10.3. The Hall–Kier alpha value is -0.900. The van der Waals surface area contributed by atoms with Crippen molar-refractivity contribution in [3.05, 3.63) is 35.4 Å². The first kappa shape index (κ1) is 15.0. The van der Waals surface area contributed by atoms with Gasteiger partial charge in [-0.1, -0.05) is 38.1 Å². The molecule has 21 heavy (non-hydrogen) atoms. The Morgan fingerprint density at radius 3 is 2.86 bits per heavy atom. The van der Waals surface area contributed by atoms with E-state index in [0.717, 1.165) is 32.7 Å². The standard InChI is InChI=1S/C18H28N2O/c1-3-19(4-2)11-7-12-20-13-10-18(15-20)17-9-6-5-8-16(17)14-21-18/h5-6,8-9H,3-4,7,10-15H2,1-2H3. The Balaban J connectivity index is 1.55. The van der Waals surface area contributed by atoms with Gasteiger partial charge in [0.1, 0.15) is 5.60 Å². The molecule has 2 aliphatic heterocycles. The van der Waals surface area contributed by atoms with Gasteiger partial charge in [0.15, 0.2) is 0 Å². The molecule has 3 rings (SSSR count). The van der Waals surface area contributed by atoms with Gasteiger partial charge in [0.2, 0.25) is 0 Å². The SMILES string of the molecule is CCN(CC)CCCN1CCC2(C1)OCc1ccccc12. The second-order valence-electron chi connectivity index (χ2n) is 6.35. The summed E-state index contributed by atoms with van der Waals surface area (Å²) in [5.74, 6) is 0. The van der Waals surface area contributed by atoms with Gasteiger partial charge >= 0.3 is 0 Å². The van der Waals surface area contributed by atoms with Crippen molar-refractivity contribution in [1.29, 1.82) is 0 Å². The molecule has 0 N–H and O–H groups in total. The van der Waals surface area contributed by atoms with Crippen LogP contribution in [0, 0.1) is 0 Å². The van der Waals surface area contributed by atoms with Crippen LogP contribution in [0.3, 0.4) is 0 Å². The molecule has 0 saturated carbocycles. The maximum absolute atomic E-state index is 6.22. The molecule has 0 aromatic heterocycles. The molecule has 3 heteroatoms. The number of fused-ring (bicyclic) bond motifs is 2. The Bertz CT molecular complexity index is 472. The lowest BCUT2D eigenvalue weighted by atomic mass is 9.92. The highest BCUT2D eigenvalue weighted by atomic mass is 16.5. The summed E-state index contributed by atoms with van der Waals surface area (Å²) in [6.07, 6.45) is 2.41. The lowest BCUT2D eigenvalue weighted by Crippen LogP contribution is -2.32. The monoisotopic (exact) mass is 288 g/mol. The summed E-state index contributed by atoms with van der Waals surface area (Å²) in [4.78, 5) is 5.10. The summed E-state index contributed by atoms with van der Waals surface area (Å²) < 4.78 is 6.22. The molecule has 0 amide bonds. The molecule has 0 radical (unpaired) electrons. The van der Waals surface area contributed by atoms with Crippen molar-refractivity contribution in [3.8, 4) is 0 Å². The zero-order valence-corrected chi connectivity index (χ0v) is 13.5. The zero-order chi connectivity index (χ0) is 14.7. The van der Waals surface area contributed by atoms with Gasteiger partial charge in [0.25, 0.3) is 0 Å². The van der Waals surface area contributed by atoms with Crippen molar-refractivity contribution < 1.29 is 4.74 Å². The van der Waals surface area contributed by atoms with E-state index in [4.69, 9.17) is 4.74 Å². The molecule has 1 aromatic carbocycles. The third kappa shape index (κ3) is 3.01. The number of ether oxygens (including phenoxy) is 1. The van der Waals surface area contributed by atoms with Gasteiger partial charge in [0.05, 0.1) is 6.61 Å². The van der Waals surface area contributed by atoms with E-state index < -0.39 is 0 Å². The maximum Gasteiger partial charge on any atom is 0.108 e. The Kier molecular flexibility index (Phi) is 4.63. The highest BCUT2D eigenvalue weighted by molar-refractivity contribution is 5.36. The van der Waals surface area contributed by atoms with Gasteiger partial charge in [-0.3, -0.25) is 4.90 Å². The van der Waals surface area contributed by atoms with Crippen molar-refractivity contribution in [2.24, 2.45) is 0 Å². The minimum absolute atomic E-state index is 0.00814. The minimum Gasteiger partial charge on any atom is -0.364 e. The number of hydrogen-bond donors (Lipinski definition) is 0. The van der Waals surface area contributed by atoms with E-state index in [0.29, 0.717) is 0 Å². The fraction of sp³-hybridized carbons (Fsp3) is 0.667. The van der Waals surface area contributed by atoms with Crippen LogP contribution in [-0.2, 0) is 16.9 Å². The molecule has 1 saturated heterocycles. The van der Waals surface area contributed by atoms with E-state index in [1.807, 2.05) is 0 Å². The molecular formula is C18H28N2O. The Morgan fingerprint density at radius 1 is 1.24 bits per heavy atom. The van der Waals surface area contributed by atoms with Gasteiger partial charge in [-0.25, -0.2) is 0 Å². The highest BCUT2D eigenvalue weighted by Crippen LogP contribution is 2.43. The fourth-order valence-electron chi connectivity index (χ4n) is 3.83. The zero-order valence-electron chi connectivity index (χ0n) is 13.5. The predicted octanol–water partition coefficient (Wildman–Crippen LogP) is 2.85. The van der Waals surface area contributed by atoms with E-state index in [9.17, 15) is 0 Å². The van der Waals surface area contributed by atoms with Gasteiger partial charge in [-0.2, -0.15) is 0 Å². The lowest BCUT2D eigenvalue weighted by molar-refractivity contribution is -0.0295. The molecule has 0 aliphatic carbocycles. The summed E-state index contributed by atoms with van der Waals surface area (Å²) >= 11 is 0. The molecule has 0 bridgehead atoms. The normalized spacial score (nSPS) is 25.1. The molecular weight excluding hydrogens is 260 g/mol. The number of rotatable bonds is 6. The number of benzene rings is 1. The molecule has 1 unspecified atom stereocenters. The second-order valence-corrected chi connectivity index (χ2v) is 6.35. The first-order valence-corrected chi connectivity index (χ1v) is 8.44. The Morgan fingerprint density at radius 2 is 2.05 bits per heavy atom. The van der Waals surface area contributed by atoms with Crippen LogP contribution in [0.4, 0.5) is 0 Å². The topological polar surface area (TPSA) is 15.7 Å². The number of nitrogens with zero attached hydrogens (tertiary/aromatic N) is 2. The first-order valence-electron chi connectivity index (χ1n) is 8.44. The summed E-state index contributed by atoms with van der Waals surface area (Å²) in [5.41, 5.74) is 2.82. The maximum atomic E-state index is 6.22. The largest absolute Gasteiger partial charge is 0.364 e. The van der Waals surface area contributed by atoms with Crippen molar-refractivity contribution in [3.63, 3.8) is 0 Å². The fourth-order valence-corrected chi connectivity index (χ4v) is 3.83. The summed E-state index contributed by atoms with van der Waals surface area (Å²) in [5, 5.41) is 0. The van der Waals surface area contributed by atoms with Crippen LogP contribution in [0.25, 0.3) is 0 Å². The van der Waals surface area contributed by atoms with Crippen LogP contribution >= 0.6 is 0 Å². The second kappa shape index (κ2) is 6.47. The van der Waals surface area contributed by atoms with Crippen LogP contribution in [-0.4, -0.2) is 49.1 Å². The molecule has 1 aromatic rings. The number of likely N-dealkylation sites (tertiary alicyclic amines) is 1. The lowest BCUT2D eigenvalue weighted by Gasteiger charge is -2.25. The van der Waals surface area contributed by atoms with Crippen molar-refractivity contribution >= 4 is 0 Å². The summed E-state index contributed by atoms with van der Waals surface area (Å²) in [7, 11) is 0. The van der Waals surface area contributed by atoms with E-state index in [1.165, 1.54) is 37.2 Å². The molecule has 2 aliphatic rings. The van der Waals surface area contributed by atoms with Gasteiger partial charge in [-0.15, -0.1) is 0 Å². The van der Waals surface area contributed by atoms with Crippen LogP contribution in [0.1, 0.15) is 37.8 Å².